The maximum absolute atomic E-state index is 6.42. The zero-order valence-corrected chi connectivity index (χ0v) is 11.0. The van der Waals surface area contributed by atoms with Crippen molar-refractivity contribution in [3.63, 3.8) is 0 Å². The fourth-order valence-corrected chi connectivity index (χ4v) is 3.48. The third-order valence-corrected chi connectivity index (χ3v) is 4.77. The number of nitrogens with zero attached hydrogens (tertiary/aromatic N) is 1. The first kappa shape index (κ1) is 12.4. The van der Waals surface area contributed by atoms with Gasteiger partial charge in [-0.2, -0.15) is 0 Å². The van der Waals surface area contributed by atoms with Gasteiger partial charge in [-0.15, -0.1) is 0 Å². The first-order valence-electron chi connectivity index (χ1n) is 7.12. The highest BCUT2D eigenvalue weighted by atomic mass is 15.2. The van der Waals surface area contributed by atoms with E-state index >= 15 is 0 Å². The van der Waals surface area contributed by atoms with Gasteiger partial charge in [0.05, 0.1) is 0 Å². The minimum atomic E-state index is 0.183. The number of likely N-dealkylation sites (tertiary alicyclic amines) is 1. The van der Waals surface area contributed by atoms with Crippen molar-refractivity contribution in [3.8, 4) is 0 Å². The summed E-state index contributed by atoms with van der Waals surface area (Å²) in [5.74, 6) is 0.921. The molecule has 0 amide bonds. The monoisotopic (exact) mass is 224 g/mol. The highest BCUT2D eigenvalue weighted by Gasteiger charge is 2.31. The molecule has 0 aromatic rings. The molecule has 0 aromatic carbocycles. The Hall–Kier alpha value is -0.0800. The molecule has 1 aliphatic heterocycles. The largest absolute Gasteiger partial charge is 0.325 e. The first-order valence-corrected chi connectivity index (χ1v) is 7.12. The van der Waals surface area contributed by atoms with Crippen molar-refractivity contribution < 1.29 is 0 Å². The van der Waals surface area contributed by atoms with E-state index in [0.717, 1.165) is 12.0 Å². The van der Waals surface area contributed by atoms with E-state index in [9.17, 15) is 0 Å². The number of hydrogen-bond acceptors (Lipinski definition) is 2. The standard InChI is InChI=1S/C14H28N2/c1-12-5-9-16(13(2)11-12)10-8-14(15)6-3-4-7-14/h12-13H,3-11,15H2,1-2H3. The van der Waals surface area contributed by atoms with Crippen LogP contribution >= 0.6 is 0 Å². The van der Waals surface area contributed by atoms with Crippen LogP contribution in [0, 0.1) is 5.92 Å². The zero-order valence-electron chi connectivity index (χ0n) is 11.0. The smallest absolute Gasteiger partial charge is 0.0166 e. The summed E-state index contributed by atoms with van der Waals surface area (Å²) in [6.07, 6.45) is 9.18. The van der Waals surface area contributed by atoms with Gasteiger partial charge in [0.2, 0.25) is 0 Å². The molecule has 2 N–H and O–H groups in total. The highest BCUT2D eigenvalue weighted by molar-refractivity contribution is 4.90. The van der Waals surface area contributed by atoms with Gasteiger partial charge in [0.15, 0.2) is 0 Å². The van der Waals surface area contributed by atoms with Crippen molar-refractivity contribution in [1.29, 1.82) is 0 Å². The second-order valence-electron chi connectivity index (χ2n) is 6.33. The topological polar surface area (TPSA) is 29.3 Å². The SMILES string of the molecule is CC1CCN(CCC2(N)CCCC2)C(C)C1. The Balaban J connectivity index is 1.77. The summed E-state index contributed by atoms with van der Waals surface area (Å²) in [7, 11) is 0. The molecular formula is C14H28N2. The van der Waals surface area contributed by atoms with Crippen LogP contribution < -0.4 is 5.73 Å². The summed E-state index contributed by atoms with van der Waals surface area (Å²) in [4.78, 5) is 2.66. The van der Waals surface area contributed by atoms with Crippen LogP contribution in [0.2, 0.25) is 0 Å². The fraction of sp³-hybridized carbons (Fsp3) is 1.00. The van der Waals surface area contributed by atoms with E-state index in [1.807, 2.05) is 0 Å². The van der Waals surface area contributed by atoms with E-state index in [-0.39, 0.29) is 5.54 Å². The number of rotatable bonds is 3. The van der Waals surface area contributed by atoms with Crippen LogP contribution in [0.3, 0.4) is 0 Å². The average Bonchev–Trinajstić information content (AvgIpc) is 2.64. The van der Waals surface area contributed by atoms with Crippen LogP contribution in [-0.2, 0) is 0 Å². The molecule has 2 nitrogen and oxygen atoms in total. The highest BCUT2D eigenvalue weighted by Crippen LogP contribution is 2.31. The summed E-state index contributed by atoms with van der Waals surface area (Å²) in [6.45, 7) is 7.28. The second kappa shape index (κ2) is 5.05. The third-order valence-electron chi connectivity index (χ3n) is 4.77. The maximum atomic E-state index is 6.42. The molecule has 2 heteroatoms. The Morgan fingerprint density at radius 2 is 1.94 bits per heavy atom. The predicted molar refractivity (Wildman–Crippen MR) is 69.4 cm³/mol. The molecule has 16 heavy (non-hydrogen) atoms. The van der Waals surface area contributed by atoms with E-state index in [0.29, 0.717) is 0 Å². The summed E-state index contributed by atoms with van der Waals surface area (Å²) in [5, 5.41) is 0. The minimum Gasteiger partial charge on any atom is -0.325 e. The van der Waals surface area contributed by atoms with Gasteiger partial charge >= 0.3 is 0 Å². The van der Waals surface area contributed by atoms with Crippen LogP contribution in [0.15, 0.2) is 0 Å². The molecule has 2 unspecified atom stereocenters. The lowest BCUT2D eigenvalue weighted by Gasteiger charge is -2.38. The van der Waals surface area contributed by atoms with E-state index in [1.165, 1.54) is 58.0 Å². The number of hydrogen-bond donors (Lipinski definition) is 1. The van der Waals surface area contributed by atoms with Crippen molar-refractivity contribution in [3.05, 3.63) is 0 Å². The Labute approximate surface area is 101 Å². The van der Waals surface area contributed by atoms with Crippen molar-refractivity contribution in [2.45, 2.75) is 70.4 Å². The molecule has 2 rings (SSSR count). The summed E-state index contributed by atoms with van der Waals surface area (Å²) >= 11 is 0. The van der Waals surface area contributed by atoms with E-state index < -0.39 is 0 Å². The van der Waals surface area contributed by atoms with E-state index in [1.54, 1.807) is 0 Å². The quantitative estimate of drug-likeness (QED) is 0.798. The normalized spacial score (nSPS) is 35.4. The molecule has 94 valence electrons. The molecule has 2 atom stereocenters. The molecule has 0 bridgehead atoms. The summed E-state index contributed by atoms with van der Waals surface area (Å²) < 4.78 is 0. The average molecular weight is 224 g/mol. The molecule has 1 aliphatic carbocycles. The van der Waals surface area contributed by atoms with Crippen molar-refractivity contribution in [2.24, 2.45) is 11.7 Å². The van der Waals surface area contributed by atoms with E-state index in [4.69, 9.17) is 5.73 Å². The molecule has 1 heterocycles. The van der Waals surface area contributed by atoms with Gasteiger partial charge in [-0.3, -0.25) is 0 Å². The van der Waals surface area contributed by atoms with Gasteiger partial charge in [0, 0.05) is 18.1 Å². The maximum Gasteiger partial charge on any atom is 0.0166 e. The Morgan fingerprint density at radius 1 is 1.25 bits per heavy atom. The molecule has 0 radical (unpaired) electrons. The summed E-state index contributed by atoms with van der Waals surface area (Å²) in [5.41, 5.74) is 6.61. The summed E-state index contributed by atoms with van der Waals surface area (Å²) in [6, 6.07) is 0.772. The van der Waals surface area contributed by atoms with Crippen LogP contribution in [0.5, 0.6) is 0 Å². The van der Waals surface area contributed by atoms with E-state index in [2.05, 4.69) is 18.7 Å². The van der Waals surface area contributed by atoms with Crippen molar-refractivity contribution in [2.75, 3.05) is 13.1 Å². The van der Waals surface area contributed by atoms with Gasteiger partial charge < -0.3 is 10.6 Å². The van der Waals surface area contributed by atoms with Gasteiger partial charge in [0.1, 0.15) is 0 Å². The molecule has 1 saturated heterocycles. The van der Waals surface area contributed by atoms with Crippen molar-refractivity contribution >= 4 is 0 Å². The van der Waals surface area contributed by atoms with Crippen LogP contribution in [-0.4, -0.2) is 29.6 Å². The van der Waals surface area contributed by atoms with Gasteiger partial charge in [-0.25, -0.2) is 0 Å². The Bertz CT molecular complexity index is 221. The van der Waals surface area contributed by atoms with Gasteiger partial charge in [0.25, 0.3) is 0 Å². The molecule has 0 spiro atoms. The molecule has 2 aliphatic rings. The van der Waals surface area contributed by atoms with Crippen molar-refractivity contribution in [1.82, 2.24) is 4.90 Å². The molecular weight excluding hydrogens is 196 g/mol. The minimum absolute atomic E-state index is 0.183. The Morgan fingerprint density at radius 3 is 2.56 bits per heavy atom. The molecule has 1 saturated carbocycles. The first-order chi connectivity index (χ1) is 7.59. The second-order valence-corrected chi connectivity index (χ2v) is 6.33. The predicted octanol–water partition coefficient (Wildman–Crippen LogP) is 2.77. The number of piperidine rings is 1. The molecule has 2 fully saturated rings. The van der Waals surface area contributed by atoms with Gasteiger partial charge in [-0.05, 0) is 51.5 Å². The lowest BCUT2D eigenvalue weighted by Crippen LogP contribution is -2.45. The third kappa shape index (κ3) is 2.98. The lowest BCUT2D eigenvalue weighted by molar-refractivity contribution is 0.118. The van der Waals surface area contributed by atoms with Crippen LogP contribution in [0.4, 0.5) is 0 Å². The fourth-order valence-electron chi connectivity index (χ4n) is 3.48. The van der Waals surface area contributed by atoms with Crippen LogP contribution in [0.1, 0.15) is 58.8 Å². The zero-order chi connectivity index (χ0) is 11.6. The van der Waals surface area contributed by atoms with Crippen LogP contribution in [0.25, 0.3) is 0 Å². The number of nitrogens with two attached hydrogens (primary N) is 1. The Kier molecular flexibility index (Phi) is 3.91. The lowest BCUT2D eigenvalue weighted by atomic mass is 9.90. The van der Waals surface area contributed by atoms with Gasteiger partial charge in [-0.1, -0.05) is 19.8 Å². The molecule has 0 aromatic heterocycles.